The molecule has 0 aromatic carbocycles. The second-order valence-corrected chi connectivity index (χ2v) is 5.05. The molecule has 0 saturated heterocycles. The summed E-state index contributed by atoms with van der Waals surface area (Å²) in [6.07, 6.45) is 4.24. The van der Waals surface area contributed by atoms with Crippen molar-refractivity contribution in [1.29, 1.82) is 0 Å². The molecule has 0 fully saturated rings. The number of carbonyl (C=O) groups is 2. The molecule has 1 aromatic rings. The van der Waals surface area contributed by atoms with E-state index in [0.717, 1.165) is 18.5 Å². The first-order valence-corrected chi connectivity index (χ1v) is 7.23. The van der Waals surface area contributed by atoms with Gasteiger partial charge in [0.1, 0.15) is 0 Å². The van der Waals surface area contributed by atoms with E-state index < -0.39 is 5.97 Å². The minimum absolute atomic E-state index is 0.186. The van der Waals surface area contributed by atoms with Gasteiger partial charge in [0.15, 0.2) is 0 Å². The number of nitrogens with one attached hydrogen (secondary N) is 2. The highest BCUT2D eigenvalue weighted by Crippen LogP contribution is 2.14. The standard InChI is InChI=1S/C14H24N4O3/c1-3-11(4-5-13(19)20)6-8-15-14(21)16-10-12-7-9-17-18(12)2/h7,9,11H,3-6,8,10H2,1-2H3,(H,19,20)(H2,15,16,21). The predicted octanol–water partition coefficient (Wildman–Crippen LogP) is 1.50. The first-order chi connectivity index (χ1) is 10.0. The summed E-state index contributed by atoms with van der Waals surface area (Å²) < 4.78 is 1.71. The van der Waals surface area contributed by atoms with Crippen LogP contribution < -0.4 is 10.6 Å². The monoisotopic (exact) mass is 296 g/mol. The Morgan fingerprint density at radius 3 is 2.71 bits per heavy atom. The molecule has 1 heterocycles. The third kappa shape index (κ3) is 6.78. The molecule has 21 heavy (non-hydrogen) atoms. The Balaban J connectivity index is 2.17. The fraction of sp³-hybridized carbons (Fsp3) is 0.643. The molecule has 1 atom stereocenters. The summed E-state index contributed by atoms with van der Waals surface area (Å²) in [6, 6.07) is 1.63. The lowest BCUT2D eigenvalue weighted by Crippen LogP contribution is -2.36. The molecule has 0 spiro atoms. The van der Waals surface area contributed by atoms with E-state index in [-0.39, 0.29) is 12.5 Å². The highest BCUT2D eigenvalue weighted by atomic mass is 16.4. The van der Waals surface area contributed by atoms with Crippen LogP contribution in [-0.2, 0) is 18.4 Å². The van der Waals surface area contributed by atoms with E-state index in [1.807, 2.05) is 20.0 Å². The van der Waals surface area contributed by atoms with Crippen molar-refractivity contribution in [3.8, 4) is 0 Å². The van der Waals surface area contributed by atoms with Gasteiger partial charge in [-0.2, -0.15) is 5.10 Å². The number of amides is 2. The van der Waals surface area contributed by atoms with Crippen LogP contribution in [0, 0.1) is 5.92 Å². The molecule has 1 unspecified atom stereocenters. The number of aromatic nitrogens is 2. The van der Waals surface area contributed by atoms with Crippen LogP contribution in [0.25, 0.3) is 0 Å². The van der Waals surface area contributed by atoms with Crippen LogP contribution in [-0.4, -0.2) is 33.4 Å². The Morgan fingerprint density at radius 2 is 2.14 bits per heavy atom. The van der Waals surface area contributed by atoms with Crippen LogP contribution in [0.3, 0.4) is 0 Å². The van der Waals surface area contributed by atoms with Gasteiger partial charge in [0.25, 0.3) is 0 Å². The smallest absolute Gasteiger partial charge is 0.315 e. The lowest BCUT2D eigenvalue weighted by Gasteiger charge is -2.14. The molecule has 0 aliphatic rings. The zero-order valence-corrected chi connectivity index (χ0v) is 12.6. The number of aryl methyl sites for hydroxylation is 1. The van der Waals surface area contributed by atoms with Gasteiger partial charge in [-0.25, -0.2) is 4.79 Å². The van der Waals surface area contributed by atoms with Crippen molar-refractivity contribution in [3.63, 3.8) is 0 Å². The Bertz CT molecular complexity index is 459. The highest BCUT2D eigenvalue weighted by Gasteiger charge is 2.09. The molecule has 2 amide bonds. The van der Waals surface area contributed by atoms with Gasteiger partial charge < -0.3 is 15.7 Å². The van der Waals surface area contributed by atoms with Crippen LogP contribution >= 0.6 is 0 Å². The molecule has 0 aliphatic heterocycles. The number of rotatable bonds is 9. The lowest BCUT2D eigenvalue weighted by atomic mass is 9.97. The predicted molar refractivity (Wildman–Crippen MR) is 78.7 cm³/mol. The fourth-order valence-corrected chi connectivity index (χ4v) is 2.08. The van der Waals surface area contributed by atoms with E-state index >= 15 is 0 Å². The van der Waals surface area contributed by atoms with Gasteiger partial charge in [0.2, 0.25) is 0 Å². The first kappa shape index (κ1) is 17.0. The summed E-state index contributed by atoms with van der Waals surface area (Å²) in [4.78, 5) is 22.2. The number of carbonyl (C=O) groups excluding carboxylic acids is 1. The van der Waals surface area contributed by atoms with Gasteiger partial charge in [0.05, 0.1) is 12.2 Å². The molecule has 1 aromatic heterocycles. The van der Waals surface area contributed by atoms with Crippen LogP contribution in [0.2, 0.25) is 0 Å². The van der Waals surface area contributed by atoms with E-state index in [9.17, 15) is 9.59 Å². The number of hydrogen-bond donors (Lipinski definition) is 3. The van der Waals surface area contributed by atoms with E-state index in [1.165, 1.54) is 0 Å². The van der Waals surface area contributed by atoms with Gasteiger partial charge in [-0.05, 0) is 24.8 Å². The summed E-state index contributed by atoms with van der Waals surface area (Å²) in [5, 5.41) is 18.2. The second-order valence-electron chi connectivity index (χ2n) is 5.05. The Hall–Kier alpha value is -2.05. The minimum atomic E-state index is -0.768. The molecular formula is C14H24N4O3. The number of carboxylic acid groups (broad SMARTS) is 1. The van der Waals surface area contributed by atoms with Crippen LogP contribution in [0.4, 0.5) is 4.79 Å². The average molecular weight is 296 g/mol. The fourth-order valence-electron chi connectivity index (χ4n) is 2.08. The molecule has 0 radical (unpaired) electrons. The van der Waals surface area contributed by atoms with Crippen LogP contribution in [0.1, 0.15) is 38.3 Å². The summed E-state index contributed by atoms with van der Waals surface area (Å²) in [5.74, 6) is -0.436. The van der Waals surface area contributed by atoms with Crippen molar-refractivity contribution in [2.24, 2.45) is 13.0 Å². The summed E-state index contributed by atoms with van der Waals surface area (Å²) in [6.45, 7) is 3.02. The summed E-state index contributed by atoms with van der Waals surface area (Å²) >= 11 is 0. The van der Waals surface area contributed by atoms with E-state index in [2.05, 4.69) is 15.7 Å². The molecule has 3 N–H and O–H groups in total. The minimum Gasteiger partial charge on any atom is -0.481 e. The number of urea groups is 1. The average Bonchev–Trinajstić information content (AvgIpc) is 2.85. The van der Waals surface area contributed by atoms with E-state index in [4.69, 9.17) is 5.11 Å². The third-order valence-corrected chi connectivity index (χ3v) is 3.53. The summed E-state index contributed by atoms with van der Waals surface area (Å²) in [7, 11) is 1.82. The second kappa shape index (κ2) is 8.99. The largest absolute Gasteiger partial charge is 0.481 e. The zero-order chi connectivity index (χ0) is 15.7. The normalized spacial score (nSPS) is 11.9. The number of carboxylic acids is 1. The van der Waals surface area contributed by atoms with Crippen molar-refractivity contribution < 1.29 is 14.7 Å². The maximum absolute atomic E-state index is 11.6. The molecule has 0 bridgehead atoms. The Kier molecular flexibility index (Phi) is 7.28. The SMILES string of the molecule is CCC(CCNC(=O)NCc1ccnn1C)CCC(=O)O. The quantitative estimate of drug-likeness (QED) is 0.643. The van der Waals surface area contributed by atoms with Crippen molar-refractivity contribution in [1.82, 2.24) is 20.4 Å². The maximum Gasteiger partial charge on any atom is 0.315 e. The molecular weight excluding hydrogens is 272 g/mol. The molecule has 0 aliphatic carbocycles. The van der Waals surface area contributed by atoms with Crippen molar-refractivity contribution in [2.75, 3.05) is 6.54 Å². The van der Waals surface area contributed by atoms with Gasteiger partial charge in [0, 0.05) is 26.2 Å². The summed E-state index contributed by atoms with van der Waals surface area (Å²) in [5.41, 5.74) is 0.929. The van der Waals surface area contributed by atoms with Gasteiger partial charge in [-0.15, -0.1) is 0 Å². The zero-order valence-electron chi connectivity index (χ0n) is 12.6. The molecule has 1 rings (SSSR count). The lowest BCUT2D eigenvalue weighted by molar-refractivity contribution is -0.137. The van der Waals surface area contributed by atoms with E-state index in [1.54, 1.807) is 10.9 Å². The number of hydrogen-bond acceptors (Lipinski definition) is 3. The van der Waals surface area contributed by atoms with Gasteiger partial charge in [-0.1, -0.05) is 13.3 Å². The number of aliphatic carboxylic acids is 1. The van der Waals surface area contributed by atoms with Crippen LogP contribution in [0.15, 0.2) is 12.3 Å². The van der Waals surface area contributed by atoms with E-state index in [0.29, 0.717) is 25.4 Å². The topological polar surface area (TPSA) is 96.3 Å². The molecule has 7 heteroatoms. The Labute approximate surface area is 124 Å². The van der Waals surface area contributed by atoms with Crippen molar-refractivity contribution >= 4 is 12.0 Å². The van der Waals surface area contributed by atoms with Gasteiger partial charge in [-0.3, -0.25) is 9.48 Å². The van der Waals surface area contributed by atoms with Crippen molar-refractivity contribution in [2.45, 2.75) is 39.2 Å². The molecule has 7 nitrogen and oxygen atoms in total. The maximum atomic E-state index is 11.6. The highest BCUT2D eigenvalue weighted by molar-refractivity contribution is 5.73. The number of nitrogens with zero attached hydrogens (tertiary/aromatic N) is 2. The first-order valence-electron chi connectivity index (χ1n) is 7.23. The molecule has 118 valence electrons. The van der Waals surface area contributed by atoms with Crippen molar-refractivity contribution in [3.05, 3.63) is 18.0 Å². The Morgan fingerprint density at radius 1 is 1.38 bits per heavy atom. The van der Waals surface area contributed by atoms with Gasteiger partial charge >= 0.3 is 12.0 Å². The third-order valence-electron chi connectivity index (χ3n) is 3.53. The van der Waals surface area contributed by atoms with Crippen LogP contribution in [0.5, 0.6) is 0 Å². The molecule has 0 saturated carbocycles.